The summed E-state index contributed by atoms with van der Waals surface area (Å²) >= 11 is 0. The smallest absolute Gasteiger partial charge is 0.245 e. The van der Waals surface area contributed by atoms with Gasteiger partial charge in [-0.05, 0) is 50.3 Å². The minimum absolute atomic E-state index is 0. The van der Waals surface area contributed by atoms with E-state index in [1.807, 2.05) is 0 Å². The molecule has 0 spiro atoms. The van der Waals surface area contributed by atoms with Crippen LogP contribution in [0.1, 0.15) is 47.4 Å². The van der Waals surface area contributed by atoms with Gasteiger partial charge in [0.2, 0.25) is 47.3 Å². The molecule has 16 N–H and O–H groups in total. The van der Waals surface area contributed by atoms with Crippen molar-refractivity contribution in [3.63, 3.8) is 0 Å². The van der Waals surface area contributed by atoms with Crippen molar-refractivity contribution in [1.29, 1.82) is 0 Å². The first-order valence-corrected chi connectivity index (χ1v) is 17.4. The Morgan fingerprint density at radius 3 is 2.04 bits per heavy atom. The van der Waals surface area contributed by atoms with E-state index in [-0.39, 0.29) is 53.7 Å². The summed E-state index contributed by atoms with van der Waals surface area (Å²) in [6.07, 6.45) is -1.91. The van der Waals surface area contributed by atoms with Gasteiger partial charge in [0, 0.05) is 22.2 Å². The minimum Gasteiger partial charge on any atom is -0.508 e. The lowest BCUT2D eigenvalue weighted by Gasteiger charge is -2.28. The van der Waals surface area contributed by atoms with Gasteiger partial charge in [0.1, 0.15) is 42.0 Å². The summed E-state index contributed by atoms with van der Waals surface area (Å²) in [5.74, 6) is -7.73. The lowest BCUT2D eigenvalue weighted by molar-refractivity contribution is -0.137. The Hall–Kier alpha value is -5.42. The van der Waals surface area contributed by atoms with Gasteiger partial charge in [-0.25, -0.2) is 0 Å². The highest BCUT2D eigenvalue weighted by Gasteiger charge is 2.35. The fourth-order valence-electron chi connectivity index (χ4n) is 5.31. The number of nitrogens with two attached hydrogens (primary N) is 2. The lowest BCUT2D eigenvalue weighted by atomic mass is 10.0. The van der Waals surface area contributed by atoms with Crippen LogP contribution >= 0.6 is 0 Å². The minimum atomic E-state index is -1.76. The maximum Gasteiger partial charge on any atom is 0.245 e. The molecule has 22 heteroatoms. The number of phenolic OH excluding ortho intramolecular Hbond substituents is 1. The van der Waals surface area contributed by atoms with Gasteiger partial charge in [-0.2, -0.15) is 0 Å². The summed E-state index contributed by atoms with van der Waals surface area (Å²) in [5.41, 5.74) is 11.2. The molecule has 0 radical (unpaired) electrons. The van der Waals surface area contributed by atoms with E-state index in [1.165, 1.54) is 24.3 Å². The SMILES string of the molecule is C[C@@H](O)[C@@H]1NC(=O)C(N[C@@H](CO)C(N)=O)CCC(=O)NCCCCC(C(=O)N[C@@H](CO)C(=O)N[C@@H](Cc2ccc(O)cc2)C(N)=O)NC(=O)[C@H](CO)NC1=O.[HH].[HH]. The second-order valence-corrected chi connectivity index (χ2v) is 12.9. The van der Waals surface area contributed by atoms with E-state index in [4.69, 9.17) is 11.5 Å². The molecule has 1 heterocycles. The average Bonchev–Trinajstić information content (AvgIpc) is 3.13. The van der Waals surface area contributed by atoms with E-state index >= 15 is 0 Å². The molecular formula is C33H55N9O13. The molecule has 55 heavy (non-hydrogen) atoms. The number of carbonyl (C=O) groups is 8. The Labute approximate surface area is 318 Å². The number of nitrogens with one attached hydrogen (secondary N) is 7. The number of aliphatic hydroxyl groups excluding tert-OH is 4. The third-order valence-corrected chi connectivity index (χ3v) is 8.51. The predicted molar refractivity (Wildman–Crippen MR) is 194 cm³/mol. The zero-order valence-electron chi connectivity index (χ0n) is 30.2. The van der Waals surface area contributed by atoms with Crippen LogP contribution in [0.15, 0.2) is 24.3 Å². The van der Waals surface area contributed by atoms with Gasteiger partial charge in [0.15, 0.2) is 0 Å². The summed E-state index contributed by atoms with van der Waals surface area (Å²) in [4.78, 5) is 103. The maximum atomic E-state index is 13.5. The van der Waals surface area contributed by atoms with Crippen molar-refractivity contribution in [3.8, 4) is 5.75 Å². The van der Waals surface area contributed by atoms with E-state index in [1.54, 1.807) is 0 Å². The van der Waals surface area contributed by atoms with Crippen molar-refractivity contribution < 1.29 is 66.7 Å². The van der Waals surface area contributed by atoms with Crippen molar-refractivity contribution in [1.82, 2.24) is 37.2 Å². The van der Waals surface area contributed by atoms with Gasteiger partial charge in [-0.3, -0.25) is 43.7 Å². The number of aromatic hydroxyl groups is 1. The van der Waals surface area contributed by atoms with Crippen LogP contribution in [0.5, 0.6) is 5.75 Å². The first-order valence-electron chi connectivity index (χ1n) is 17.4. The van der Waals surface area contributed by atoms with E-state index in [2.05, 4.69) is 37.2 Å². The highest BCUT2D eigenvalue weighted by atomic mass is 16.3. The summed E-state index contributed by atoms with van der Waals surface area (Å²) < 4.78 is 0. The molecule has 0 aromatic heterocycles. The topological polar surface area (TPSA) is 374 Å². The molecule has 0 bridgehead atoms. The van der Waals surface area contributed by atoms with Gasteiger partial charge in [0.25, 0.3) is 0 Å². The van der Waals surface area contributed by atoms with Gasteiger partial charge in [0.05, 0.1) is 32.0 Å². The monoisotopic (exact) mass is 785 g/mol. The predicted octanol–water partition coefficient (Wildman–Crippen LogP) is -6.41. The lowest BCUT2D eigenvalue weighted by Crippen LogP contribution is -2.62. The zero-order valence-corrected chi connectivity index (χ0v) is 30.2. The molecule has 0 saturated carbocycles. The van der Waals surface area contributed by atoms with E-state index in [0.717, 1.165) is 6.92 Å². The van der Waals surface area contributed by atoms with Gasteiger partial charge in [-0.1, -0.05) is 12.1 Å². The molecule has 1 saturated heterocycles. The van der Waals surface area contributed by atoms with Crippen LogP contribution in [0.2, 0.25) is 0 Å². The van der Waals surface area contributed by atoms with Gasteiger partial charge < -0.3 is 68.9 Å². The molecule has 8 atom stereocenters. The summed E-state index contributed by atoms with van der Waals surface area (Å²) in [7, 11) is 0. The number of carbonyl (C=O) groups excluding carboxylic acids is 8. The molecular weight excluding hydrogens is 730 g/mol. The van der Waals surface area contributed by atoms with Gasteiger partial charge in [-0.15, -0.1) is 0 Å². The number of amides is 8. The highest BCUT2D eigenvalue weighted by molar-refractivity contribution is 5.97. The highest BCUT2D eigenvalue weighted by Crippen LogP contribution is 2.12. The normalized spacial score (nSPS) is 22.8. The number of rotatable bonds is 14. The fourth-order valence-corrected chi connectivity index (χ4v) is 5.31. The van der Waals surface area contributed by atoms with E-state index in [0.29, 0.717) is 5.56 Å². The molecule has 2 rings (SSSR count). The van der Waals surface area contributed by atoms with Crippen LogP contribution in [-0.2, 0) is 44.8 Å². The number of benzene rings is 1. The zero-order chi connectivity index (χ0) is 41.2. The molecule has 1 aromatic carbocycles. The number of aliphatic hydroxyl groups is 4. The molecule has 1 aliphatic rings. The van der Waals surface area contributed by atoms with Crippen molar-refractivity contribution >= 4 is 47.3 Å². The molecule has 0 aliphatic carbocycles. The van der Waals surface area contributed by atoms with Crippen LogP contribution in [0, 0.1) is 0 Å². The van der Waals surface area contributed by atoms with Crippen LogP contribution in [0.4, 0.5) is 0 Å². The number of hydrogen-bond donors (Lipinski definition) is 14. The fraction of sp³-hybridized carbons (Fsp3) is 0.576. The first-order chi connectivity index (χ1) is 26.0. The molecule has 1 fully saturated rings. The van der Waals surface area contributed by atoms with Gasteiger partial charge >= 0.3 is 0 Å². The molecule has 22 nitrogen and oxygen atoms in total. The van der Waals surface area contributed by atoms with Crippen molar-refractivity contribution in [2.75, 3.05) is 26.4 Å². The van der Waals surface area contributed by atoms with Crippen molar-refractivity contribution in [2.45, 2.75) is 93.8 Å². The van der Waals surface area contributed by atoms with Crippen LogP contribution in [-0.4, -0.2) is 148 Å². The molecule has 8 amide bonds. The molecule has 1 aromatic rings. The van der Waals surface area contributed by atoms with E-state index in [9.17, 15) is 63.9 Å². The quantitative estimate of drug-likeness (QED) is 0.0835. The summed E-state index contributed by atoms with van der Waals surface area (Å²) in [6, 6.07) is -4.93. The molecule has 1 aliphatic heterocycles. The third kappa shape index (κ3) is 15.1. The third-order valence-electron chi connectivity index (χ3n) is 8.51. The van der Waals surface area contributed by atoms with Crippen LogP contribution in [0.3, 0.4) is 0 Å². The number of hydrogen-bond acceptors (Lipinski definition) is 14. The first kappa shape index (κ1) is 45.7. The Balaban J connectivity index is 0.0000157. The Bertz CT molecular complexity index is 1520. The number of primary amides is 2. The summed E-state index contributed by atoms with van der Waals surface area (Å²) in [6.45, 7) is -1.56. The Kier molecular flexibility index (Phi) is 18.9. The molecule has 310 valence electrons. The second-order valence-electron chi connectivity index (χ2n) is 12.9. The Morgan fingerprint density at radius 1 is 0.836 bits per heavy atom. The number of phenols is 1. The average molecular weight is 786 g/mol. The maximum absolute atomic E-state index is 13.5. The molecule has 2 unspecified atom stereocenters. The van der Waals surface area contributed by atoms with Crippen LogP contribution in [0.25, 0.3) is 0 Å². The second kappa shape index (κ2) is 22.7. The Morgan fingerprint density at radius 2 is 1.47 bits per heavy atom. The largest absolute Gasteiger partial charge is 0.508 e. The van der Waals surface area contributed by atoms with Crippen molar-refractivity contribution in [3.05, 3.63) is 29.8 Å². The van der Waals surface area contributed by atoms with Crippen molar-refractivity contribution in [2.24, 2.45) is 11.5 Å². The summed E-state index contributed by atoms with van der Waals surface area (Å²) in [5, 5.41) is 66.0. The van der Waals surface area contributed by atoms with Crippen LogP contribution < -0.4 is 48.7 Å². The van der Waals surface area contributed by atoms with E-state index < -0.39 is 115 Å². The standard InChI is InChI=1S/C33H51N9O13.2H2/c1-16(46)26-33(55)41-24(15-45)31(53)38-19(4-2-3-11-36-25(48)10-9-20(30(52)42-26)37-22(13-43)28(35)50)29(51)40-23(14-44)32(54)39-21(27(34)49)12-17-5-7-18(47)8-6-17;;/h5-8,16,19-24,26,37,43-47H,2-4,9-15H2,1H3,(H2,34,49)(H2,35,50)(H,36,48)(H,38,53)(H,39,54)(H,40,51)(H,41,55)(H,42,52);2*1H/t16-,19?,20?,21+,22+,23+,24+,26+;;/m1../s1.